The summed E-state index contributed by atoms with van der Waals surface area (Å²) in [6, 6.07) is 5.33. The summed E-state index contributed by atoms with van der Waals surface area (Å²) in [5.41, 5.74) is 3.68. The third-order valence-corrected chi connectivity index (χ3v) is 6.14. The number of carbonyl (C=O) groups is 3. The van der Waals surface area contributed by atoms with Crippen LogP contribution in [0.4, 0.5) is 10.7 Å². The van der Waals surface area contributed by atoms with Gasteiger partial charge in [-0.05, 0) is 63.3 Å². The van der Waals surface area contributed by atoms with Crippen molar-refractivity contribution in [3.63, 3.8) is 0 Å². The molecule has 3 rings (SSSR count). The number of esters is 1. The summed E-state index contributed by atoms with van der Waals surface area (Å²) in [7, 11) is 0. The van der Waals surface area contributed by atoms with Gasteiger partial charge in [0, 0.05) is 22.7 Å². The second kappa shape index (κ2) is 9.75. The summed E-state index contributed by atoms with van der Waals surface area (Å²) >= 11 is 1.45. The van der Waals surface area contributed by atoms with Gasteiger partial charge in [-0.1, -0.05) is 6.07 Å². The smallest absolute Gasteiger partial charge is 0.341 e. The molecule has 8 heteroatoms. The van der Waals surface area contributed by atoms with Crippen molar-refractivity contribution in [2.75, 3.05) is 30.3 Å². The summed E-state index contributed by atoms with van der Waals surface area (Å²) < 4.78 is 5.20. The molecule has 3 N–H and O–H groups in total. The van der Waals surface area contributed by atoms with E-state index in [-0.39, 0.29) is 24.3 Å². The standard InChI is InChI=1S/C22H27N3O4S/c1-4-23-20(27)14-10-9-13(3)16(11-14)24-12-18(26)25-21-19(22(28)29-5-2)15-7-6-8-17(15)30-21/h9-11,24H,4-8,12H2,1-3H3,(H,23,27)(H,25,26). The van der Waals surface area contributed by atoms with Gasteiger partial charge in [0.1, 0.15) is 5.00 Å². The zero-order valence-corrected chi connectivity index (χ0v) is 18.3. The van der Waals surface area contributed by atoms with Crippen LogP contribution in [0.1, 0.15) is 57.0 Å². The van der Waals surface area contributed by atoms with Gasteiger partial charge in [0.05, 0.1) is 18.7 Å². The Kier molecular flexibility index (Phi) is 7.10. The molecule has 1 aliphatic rings. The van der Waals surface area contributed by atoms with Crippen molar-refractivity contribution in [1.29, 1.82) is 0 Å². The summed E-state index contributed by atoms with van der Waals surface area (Å²) in [4.78, 5) is 38.2. The number of anilines is 2. The van der Waals surface area contributed by atoms with Crippen LogP contribution in [0.3, 0.4) is 0 Å². The minimum absolute atomic E-state index is 0.0184. The van der Waals surface area contributed by atoms with E-state index in [1.165, 1.54) is 11.3 Å². The molecule has 0 atom stereocenters. The molecule has 1 aliphatic carbocycles. The van der Waals surface area contributed by atoms with Crippen LogP contribution in [0.25, 0.3) is 0 Å². The summed E-state index contributed by atoms with van der Waals surface area (Å²) in [5, 5.41) is 9.27. The Bertz CT molecular complexity index is 968. The van der Waals surface area contributed by atoms with E-state index in [0.29, 0.717) is 35.0 Å². The Balaban J connectivity index is 1.69. The van der Waals surface area contributed by atoms with E-state index in [2.05, 4.69) is 16.0 Å². The molecule has 0 fully saturated rings. The van der Waals surface area contributed by atoms with Crippen molar-refractivity contribution < 1.29 is 19.1 Å². The highest BCUT2D eigenvalue weighted by Gasteiger charge is 2.28. The lowest BCUT2D eigenvalue weighted by molar-refractivity contribution is -0.114. The Morgan fingerprint density at radius 1 is 1.17 bits per heavy atom. The summed E-state index contributed by atoms with van der Waals surface area (Å²) in [5.74, 6) is -0.800. The molecule has 1 aromatic heterocycles. The van der Waals surface area contributed by atoms with Gasteiger partial charge >= 0.3 is 5.97 Å². The molecule has 0 unspecified atom stereocenters. The number of hydrogen-bond donors (Lipinski definition) is 3. The molecule has 0 bridgehead atoms. The minimum atomic E-state index is -0.384. The predicted octanol–water partition coefficient (Wildman–Crippen LogP) is 3.52. The fourth-order valence-electron chi connectivity index (χ4n) is 3.47. The van der Waals surface area contributed by atoms with Crippen LogP contribution in [-0.4, -0.2) is 37.5 Å². The molecule has 160 valence electrons. The van der Waals surface area contributed by atoms with E-state index in [0.717, 1.165) is 35.3 Å². The Morgan fingerprint density at radius 2 is 1.97 bits per heavy atom. The van der Waals surface area contributed by atoms with Gasteiger partial charge in [0.15, 0.2) is 0 Å². The highest BCUT2D eigenvalue weighted by Crippen LogP contribution is 2.39. The first-order valence-electron chi connectivity index (χ1n) is 10.2. The topological polar surface area (TPSA) is 96.5 Å². The van der Waals surface area contributed by atoms with Gasteiger partial charge in [-0.25, -0.2) is 4.79 Å². The summed E-state index contributed by atoms with van der Waals surface area (Å²) in [6.45, 7) is 6.39. The lowest BCUT2D eigenvalue weighted by Crippen LogP contribution is -2.24. The Hall–Kier alpha value is -2.87. The van der Waals surface area contributed by atoms with Gasteiger partial charge in [-0.2, -0.15) is 0 Å². The van der Waals surface area contributed by atoms with E-state index >= 15 is 0 Å². The lowest BCUT2D eigenvalue weighted by atomic mass is 10.1. The number of rotatable bonds is 8. The number of amides is 2. The Morgan fingerprint density at radius 3 is 2.70 bits per heavy atom. The highest BCUT2D eigenvalue weighted by atomic mass is 32.1. The largest absolute Gasteiger partial charge is 0.462 e. The molecule has 1 heterocycles. The molecule has 0 aliphatic heterocycles. The third kappa shape index (κ3) is 4.81. The van der Waals surface area contributed by atoms with Crippen molar-refractivity contribution in [2.45, 2.75) is 40.0 Å². The van der Waals surface area contributed by atoms with Gasteiger partial charge in [0.2, 0.25) is 5.91 Å². The molecular formula is C22H27N3O4S. The molecule has 1 aromatic carbocycles. The van der Waals surface area contributed by atoms with Crippen molar-refractivity contribution >= 4 is 39.8 Å². The highest BCUT2D eigenvalue weighted by molar-refractivity contribution is 7.17. The van der Waals surface area contributed by atoms with Crippen LogP contribution in [0, 0.1) is 6.92 Å². The Labute approximate surface area is 180 Å². The maximum Gasteiger partial charge on any atom is 0.341 e. The first-order valence-corrected chi connectivity index (χ1v) is 11.0. The monoisotopic (exact) mass is 429 g/mol. The fraction of sp³-hybridized carbons (Fsp3) is 0.409. The first-order chi connectivity index (χ1) is 14.4. The van der Waals surface area contributed by atoms with Gasteiger partial charge in [0.25, 0.3) is 5.91 Å². The third-order valence-electron chi connectivity index (χ3n) is 4.93. The van der Waals surface area contributed by atoms with E-state index in [9.17, 15) is 14.4 Å². The second-order valence-electron chi connectivity index (χ2n) is 7.07. The molecule has 7 nitrogen and oxygen atoms in total. The van der Waals surface area contributed by atoms with E-state index in [1.807, 2.05) is 19.9 Å². The van der Waals surface area contributed by atoms with Gasteiger partial charge in [-0.15, -0.1) is 11.3 Å². The zero-order chi connectivity index (χ0) is 21.7. The molecule has 0 radical (unpaired) electrons. The average molecular weight is 430 g/mol. The van der Waals surface area contributed by atoms with Crippen molar-refractivity contribution in [1.82, 2.24) is 5.32 Å². The zero-order valence-electron chi connectivity index (χ0n) is 17.5. The fourth-order valence-corrected chi connectivity index (χ4v) is 4.77. The molecule has 2 aromatic rings. The van der Waals surface area contributed by atoms with Crippen LogP contribution in [0.5, 0.6) is 0 Å². The van der Waals surface area contributed by atoms with E-state index in [1.54, 1.807) is 19.1 Å². The number of hydrogen-bond acceptors (Lipinski definition) is 6. The number of ether oxygens (including phenoxy) is 1. The summed E-state index contributed by atoms with van der Waals surface area (Å²) in [6.07, 6.45) is 2.77. The maximum atomic E-state index is 12.6. The molecule has 2 amide bonds. The normalized spacial score (nSPS) is 12.2. The van der Waals surface area contributed by atoms with Crippen LogP contribution < -0.4 is 16.0 Å². The van der Waals surface area contributed by atoms with E-state index in [4.69, 9.17) is 4.74 Å². The van der Waals surface area contributed by atoms with Crippen LogP contribution in [-0.2, 0) is 22.4 Å². The molecule has 0 saturated carbocycles. The number of carbonyl (C=O) groups excluding carboxylic acids is 3. The molecular weight excluding hydrogens is 402 g/mol. The van der Waals surface area contributed by atoms with Gasteiger partial charge < -0.3 is 20.7 Å². The lowest BCUT2D eigenvalue weighted by Gasteiger charge is -2.12. The predicted molar refractivity (Wildman–Crippen MR) is 119 cm³/mol. The van der Waals surface area contributed by atoms with Crippen molar-refractivity contribution in [3.8, 4) is 0 Å². The van der Waals surface area contributed by atoms with Crippen LogP contribution in [0.2, 0.25) is 0 Å². The maximum absolute atomic E-state index is 12.6. The first kappa shape index (κ1) is 21.8. The van der Waals surface area contributed by atoms with Crippen LogP contribution in [0.15, 0.2) is 18.2 Å². The van der Waals surface area contributed by atoms with Gasteiger partial charge in [-0.3, -0.25) is 9.59 Å². The molecule has 0 spiro atoms. The molecule has 30 heavy (non-hydrogen) atoms. The number of fused-ring (bicyclic) bond motifs is 1. The number of nitrogens with one attached hydrogen (secondary N) is 3. The quantitative estimate of drug-likeness (QED) is 0.558. The van der Waals surface area contributed by atoms with Crippen LogP contribution >= 0.6 is 11.3 Å². The van der Waals surface area contributed by atoms with Crippen molar-refractivity contribution in [2.24, 2.45) is 0 Å². The SMILES string of the molecule is CCNC(=O)c1ccc(C)c(NCC(=O)Nc2sc3c(c2C(=O)OCC)CCC3)c1. The number of thiophene rings is 1. The van der Waals surface area contributed by atoms with E-state index < -0.39 is 0 Å². The number of aryl methyl sites for hydroxylation is 2. The van der Waals surface area contributed by atoms with Crippen molar-refractivity contribution in [3.05, 3.63) is 45.3 Å². The molecule has 0 saturated heterocycles. The minimum Gasteiger partial charge on any atom is -0.462 e. The average Bonchev–Trinajstić information content (AvgIpc) is 3.28. The second-order valence-corrected chi connectivity index (χ2v) is 8.18. The number of benzene rings is 1.